The molecule has 0 aromatic heterocycles. The summed E-state index contributed by atoms with van der Waals surface area (Å²) >= 11 is 1.47. The Morgan fingerprint density at radius 3 is 2.50 bits per heavy atom. The number of hydrogen-bond donors (Lipinski definition) is 1. The third kappa shape index (κ3) is 4.21. The first kappa shape index (κ1) is 15.4. The second kappa shape index (κ2) is 6.48. The number of alkyl halides is 3. The van der Waals surface area contributed by atoms with Crippen molar-refractivity contribution in [3.05, 3.63) is 29.3 Å². The van der Waals surface area contributed by atoms with E-state index in [0.29, 0.717) is 10.1 Å². The Kier molecular flexibility index (Phi) is 5.53. The van der Waals surface area contributed by atoms with Gasteiger partial charge in [-0.25, -0.2) is 0 Å². The molecule has 0 spiro atoms. The Balaban J connectivity index is 3.05. The topological polar surface area (TPSA) is 26.0 Å². The Morgan fingerprint density at radius 1 is 1.33 bits per heavy atom. The summed E-state index contributed by atoms with van der Waals surface area (Å²) < 4.78 is 38.8. The average Bonchev–Trinajstić information content (AvgIpc) is 2.30. The standard InChI is InChI=1S/C13H18F3NS/c1-3-9(2)18-11-5-4-10(6-7-17)12(8-11)13(14,15)16/h4-5,8-9H,3,6-7,17H2,1-2H3. The van der Waals surface area contributed by atoms with E-state index in [1.54, 1.807) is 12.1 Å². The number of halogens is 3. The van der Waals surface area contributed by atoms with E-state index in [0.717, 1.165) is 6.42 Å². The molecule has 2 N–H and O–H groups in total. The van der Waals surface area contributed by atoms with Gasteiger partial charge in [-0.15, -0.1) is 11.8 Å². The monoisotopic (exact) mass is 277 g/mol. The smallest absolute Gasteiger partial charge is 0.330 e. The molecule has 102 valence electrons. The van der Waals surface area contributed by atoms with Crippen LogP contribution in [0.5, 0.6) is 0 Å². The number of nitrogens with two attached hydrogens (primary N) is 1. The van der Waals surface area contributed by atoms with Gasteiger partial charge in [-0.2, -0.15) is 13.2 Å². The molecule has 0 bridgehead atoms. The minimum Gasteiger partial charge on any atom is -0.330 e. The van der Waals surface area contributed by atoms with E-state index in [1.807, 2.05) is 13.8 Å². The number of hydrogen-bond acceptors (Lipinski definition) is 2. The maximum atomic E-state index is 12.9. The van der Waals surface area contributed by atoms with Crippen molar-refractivity contribution in [1.29, 1.82) is 0 Å². The molecule has 1 aromatic rings. The largest absolute Gasteiger partial charge is 0.416 e. The van der Waals surface area contributed by atoms with Crippen LogP contribution in [-0.2, 0) is 12.6 Å². The van der Waals surface area contributed by atoms with E-state index < -0.39 is 11.7 Å². The van der Waals surface area contributed by atoms with Crippen LogP contribution in [0.2, 0.25) is 0 Å². The highest BCUT2D eigenvalue weighted by atomic mass is 32.2. The zero-order chi connectivity index (χ0) is 13.8. The molecule has 0 amide bonds. The van der Waals surface area contributed by atoms with Gasteiger partial charge in [0.1, 0.15) is 0 Å². The zero-order valence-electron chi connectivity index (χ0n) is 10.6. The molecule has 5 heteroatoms. The highest BCUT2D eigenvalue weighted by Gasteiger charge is 2.33. The molecule has 0 aliphatic heterocycles. The second-order valence-electron chi connectivity index (χ2n) is 4.19. The predicted molar refractivity (Wildman–Crippen MR) is 69.8 cm³/mol. The lowest BCUT2D eigenvalue weighted by atomic mass is 10.0. The van der Waals surface area contributed by atoms with Gasteiger partial charge in [0.2, 0.25) is 0 Å². The van der Waals surface area contributed by atoms with Crippen LogP contribution in [0.3, 0.4) is 0 Å². The van der Waals surface area contributed by atoms with E-state index in [-0.39, 0.29) is 18.5 Å². The van der Waals surface area contributed by atoms with Crippen molar-refractivity contribution in [1.82, 2.24) is 0 Å². The van der Waals surface area contributed by atoms with Crippen molar-refractivity contribution in [3.8, 4) is 0 Å². The summed E-state index contributed by atoms with van der Waals surface area (Å²) in [5, 5.41) is 0.312. The van der Waals surface area contributed by atoms with Crippen LogP contribution >= 0.6 is 11.8 Å². The number of rotatable bonds is 5. The molecule has 0 saturated heterocycles. The van der Waals surface area contributed by atoms with Crippen LogP contribution in [0.25, 0.3) is 0 Å². The summed E-state index contributed by atoms with van der Waals surface area (Å²) in [6, 6.07) is 4.53. The van der Waals surface area contributed by atoms with Crippen LogP contribution in [0.15, 0.2) is 23.1 Å². The summed E-state index contributed by atoms with van der Waals surface area (Å²) in [7, 11) is 0. The van der Waals surface area contributed by atoms with Gasteiger partial charge < -0.3 is 5.73 Å². The molecule has 0 heterocycles. The highest BCUT2D eigenvalue weighted by Crippen LogP contribution is 2.36. The first-order valence-corrected chi connectivity index (χ1v) is 6.83. The third-order valence-electron chi connectivity index (χ3n) is 2.71. The lowest BCUT2D eigenvalue weighted by Crippen LogP contribution is -2.12. The maximum absolute atomic E-state index is 12.9. The van der Waals surface area contributed by atoms with Gasteiger partial charge in [0.25, 0.3) is 0 Å². The van der Waals surface area contributed by atoms with Crippen LogP contribution < -0.4 is 5.73 Å². The molecule has 1 atom stereocenters. The van der Waals surface area contributed by atoms with Gasteiger partial charge in [0.15, 0.2) is 0 Å². The predicted octanol–water partition coefficient (Wildman–Crippen LogP) is 4.10. The molecular formula is C13H18F3NS. The zero-order valence-corrected chi connectivity index (χ0v) is 11.4. The van der Waals surface area contributed by atoms with Gasteiger partial charge >= 0.3 is 6.18 Å². The minimum atomic E-state index is -4.31. The van der Waals surface area contributed by atoms with Gasteiger partial charge in [-0.3, -0.25) is 0 Å². The second-order valence-corrected chi connectivity index (χ2v) is 5.70. The average molecular weight is 277 g/mol. The van der Waals surface area contributed by atoms with Crippen molar-refractivity contribution in [2.24, 2.45) is 5.73 Å². The van der Waals surface area contributed by atoms with Crippen molar-refractivity contribution < 1.29 is 13.2 Å². The summed E-state index contributed by atoms with van der Waals surface area (Å²) in [6.07, 6.45) is -3.13. The molecule has 0 aliphatic rings. The lowest BCUT2D eigenvalue weighted by Gasteiger charge is -2.15. The summed E-state index contributed by atoms with van der Waals surface area (Å²) in [5.41, 5.74) is 5.06. The van der Waals surface area contributed by atoms with Crippen molar-refractivity contribution in [2.45, 2.75) is 43.0 Å². The normalized spacial score (nSPS) is 13.7. The summed E-state index contributed by atoms with van der Waals surface area (Å²) in [4.78, 5) is 0.664. The van der Waals surface area contributed by atoms with E-state index in [9.17, 15) is 13.2 Å². The SMILES string of the molecule is CCC(C)Sc1ccc(CCN)c(C(F)(F)F)c1. The fourth-order valence-electron chi connectivity index (χ4n) is 1.58. The van der Waals surface area contributed by atoms with Crippen LogP contribution in [0.4, 0.5) is 13.2 Å². The first-order chi connectivity index (χ1) is 8.38. The number of benzene rings is 1. The molecule has 1 nitrogen and oxygen atoms in total. The van der Waals surface area contributed by atoms with Crippen LogP contribution in [-0.4, -0.2) is 11.8 Å². The van der Waals surface area contributed by atoms with E-state index in [1.165, 1.54) is 17.8 Å². The molecule has 1 unspecified atom stereocenters. The Hall–Kier alpha value is -0.680. The minimum absolute atomic E-state index is 0.223. The van der Waals surface area contributed by atoms with Crippen molar-refractivity contribution in [2.75, 3.05) is 6.54 Å². The molecule has 18 heavy (non-hydrogen) atoms. The molecule has 0 aliphatic carbocycles. The van der Waals surface area contributed by atoms with Crippen molar-refractivity contribution in [3.63, 3.8) is 0 Å². The van der Waals surface area contributed by atoms with Gasteiger partial charge in [-0.05, 0) is 37.1 Å². The van der Waals surface area contributed by atoms with Gasteiger partial charge in [-0.1, -0.05) is 19.9 Å². The molecule has 0 saturated carbocycles. The van der Waals surface area contributed by atoms with E-state index in [4.69, 9.17) is 5.73 Å². The van der Waals surface area contributed by atoms with Gasteiger partial charge in [0, 0.05) is 10.1 Å². The third-order valence-corrected chi connectivity index (χ3v) is 3.97. The van der Waals surface area contributed by atoms with Crippen LogP contribution in [0, 0.1) is 0 Å². The van der Waals surface area contributed by atoms with Crippen LogP contribution in [0.1, 0.15) is 31.4 Å². The van der Waals surface area contributed by atoms with E-state index in [2.05, 4.69) is 0 Å². The molecule has 0 radical (unpaired) electrons. The maximum Gasteiger partial charge on any atom is 0.416 e. The Labute approximate surface area is 110 Å². The lowest BCUT2D eigenvalue weighted by molar-refractivity contribution is -0.138. The van der Waals surface area contributed by atoms with Gasteiger partial charge in [0.05, 0.1) is 5.56 Å². The highest BCUT2D eigenvalue weighted by molar-refractivity contribution is 7.99. The summed E-state index contributed by atoms with van der Waals surface area (Å²) in [5.74, 6) is 0. The fourth-order valence-corrected chi connectivity index (χ4v) is 2.55. The quantitative estimate of drug-likeness (QED) is 0.820. The fraction of sp³-hybridized carbons (Fsp3) is 0.538. The number of thioether (sulfide) groups is 1. The molecular weight excluding hydrogens is 259 g/mol. The molecule has 1 rings (SSSR count). The Morgan fingerprint density at radius 2 is 2.00 bits per heavy atom. The molecule has 1 aromatic carbocycles. The van der Waals surface area contributed by atoms with E-state index >= 15 is 0 Å². The summed E-state index contributed by atoms with van der Waals surface area (Å²) in [6.45, 7) is 4.25. The molecule has 0 fully saturated rings. The first-order valence-electron chi connectivity index (χ1n) is 5.95. The van der Waals surface area contributed by atoms with Crippen molar-refractivity contribution >= 4 is 11.8 Å². The Bertz CT molecular complexity index is 390.